The number of carbonyl (C=O) groups excluding carboxylic acids is 1. The van der Waals surface area contributed by atoms with E-state index in [1.54, 1.807) is 12.3 Å². The van der Waals surface area contributed by atoms with E-state index < -0.39 is 0 Å². The maximum atomic E-state index is 12.6. The second kappa shape index (κ2) is 7.89. The van der Waals surface area contributed by atoms with Crippen LogP contribution in [-0.4, -0.2) is 17.5 Å². The summed E-state index contributed by atoms with van der Waals surface area (Å²) in [6.45, 7) is 12.3. The Morgan fingerprint density at radius 3 is 2.68 bits per heavy atom. The van der Waals surface area contributed by atoms with Gasteiger partial charge in [-0.1, -0.05) is 6.07 Å². The largest absolute Gasteiger partial charge is 0.493 e. The minimum atomic E-state index is -0.223. The number of pyridine rings is 1. The molecular formula is C23H26N2O3. The first-order chi connectivity index (χ1) is 13.3. The molecule has 5 heteroatoms. The van der Waals surface area contributed by atoms with Crippen molar-refractivity contribution in [2.75, 3.05) is 11.9 Å². The summed E-state index contributed by atoms with van der Waals surface area (Å²) in [7, 11) is 0. The summed E-state index contributed by atoms with van der Waals surface area (Å²) in [6, 6.07) is 5.80. The molecule has 0 unspecified atom stereocenters. The average molecular weight is 378 g/mol. The van der Waals surface area contributed by atoms with E-state index in [1.165, 1.54) is 0 Å². The molecule has 3 aromatic rings. The topological polar surface area (TPSA) is 64.4 Å². The van der Waals surface area contributed by atoms with Crippen molar-refractivity contribution >= 4 is 28.3 Å². The molecule has 146 valence electrons. The SMILES string of the molecule is CCOc1c(/C(C)=C/C(=O)Nc2ncccc2C)cc2c(C)c(C)oc2c1C. The molecule has 5 nitrogen and oxygen atoms in total. The molecular weight excluding hydrogens is 352 g/mol. The van der Waals surface area contributed by atoms with Crippen LogP contribution in [0.25, 0.3) is 16.5 Å². The minimum Gasteiger partial charge on any atom is -0.493 e. The zero-order valence-corrected chi connectivity index (χ0v) is 17.3. The first kappa shape index (κ1) is 19.7. The van der Waals surface area contributed by atoms with Gasteiger partial charge in [0.25, 0.3) is 0 Å². The number of anilines is 1. The summed E-state index contributed by atoms with van der Waals surface area (Å²) in [6.07, 6.45) is 3.24. The van der Waals surface area contributed by atoms with Crippen LogP contribution in [0.1, 0.15) is 41.9 Å². The molecule has 0 radical (unpaired) electrons. The van der Waals surface area contributed by atoms with Gasteiger partial charge in [0.1, 0.15) is 22.9 Å². The number of aromatic nitrogens is 1. The van der Waals surface area contributed by atoms with Crippen LogP contribution < -0.4 is 10.1 Å². The molecule has 0 spiro atoms. The molecule has 0 fully saturated rings. The number of aryl methyl sites for hydroxylation is 4. The molecule has 1 N–H and O–H groups in total. The molecule has 0 saturated carbocycles. The Hall–Kier alpha value is -3.08. The van der Waals surface area contributed by atoms with Gasteiger partial charge in [0.05, 0.1) is 6.61 Å². The number of nitrogens with zero attached hydrogens (tertiary/aromatic N) is 1. The predicted molar refractivity (Wildman–Crippen MR) is 113 cm³/mol. The van der Waals surface area contributed by atoms with Gasteiger partial charge in [-0.3, -0.25) is 4.79 Å². The smallest absolute Gasteiger partial charge is 0.249 e. The number of hydrogen-bond donors (Lipinski definition) is 1. The highest BCUT2D eigenvalue weighted by Crippen LogP contribution is 2.38. The third-order valence-electron chi connectivity index (χ3n) is 4.96. The lowest BCUT2D eigenvalue weighted by Gasteiger charge is -2.14. The van der Waals surface area contributed by atoms with Crippen molar-refractivity contribution in [1.29, 1.82) is 0 Å². The molecule has 0 saturated heterocycles. The summed E-state index contributed by atoms with van der Waals surface area (Å²) in [5.41, 5.74) is 5.51. The molecule has 0 aliphatic rings. The Kier molecular flexibility index (Phi) is 5.54. The van der Waals surface area contributed by atoms with Crippen molar-refractivity contribution in [1.82, 2.24) is 4.98 Å². The van der Waals surface area contributed by atoms with Crippen LogP contribution >= 0.6 is 0 Å². The fraction of sp³-hybridized carbons (Fsp3) is 0.304. The lowest BCUT2D eigenvalue weighted by Crippen LogP contribution is -2.11. The number of fused-ring (bicyclic) bond motifs is 1. The second-order valence-electron chi connectivity index (χ2n) is 6.96. The van der Waals surface area contributed by atoms with E-state index >= 15 is 0 Å². The number of ether oxygens (including phenoxy) is 1. The highest BCUT2D eigenvalue weighted by atomic mass is 16.5. The Morgan fingerprint density at radius 2 is 2.00 bits per heavy atom. The number of rotatable bonds is 5. The van der Waals surface area contributed by atoms with Gasteiger partial charge in [0.15, 0.2) is 0 Å². The molecule has 1 amide bonds. The van der Waals surface area contributed by atoms with E-state index in [4.69, 9.17) is 9.15 Å². The number of furan rings is 1. The van der Waals surface area contributed by atoms with Crippen LogP contribution in [0, 0.1) is 27.7 Å². The summed E-state index contributed by atoms with van der Waals surface area (Å²) < 4.78 is 11.9. The Morgan fingerprint density at radius 1 is 1.25 bits per heavy atom. The predicted octanol–water partition coefficient (Wildman–Crippen LogP) is 5.50. The van der Waals surface area contributed by atoms with Crippen molar-refractivity contribution < 1.29 is 13.9 Å². The van der Waals surface area contributed by atoms with Crippen LogP contribution in [0.3, 0.4) is 0 Å². The number of benzene rings is 1. The molecule has 2 heterocycles. The molecule has 0 aliphatic heterocycles. The number of carbonyl (C=O) groups is 1. The quantitative estimate of drug-likeness (QED) is 0.595. The van der Waals surface area contributed by atoms with Gasteiger partial charge in [-0.2, -0.15) is 0 Å². The van der Waals surface area contributed by atoms with Crippen LogP contribution in [0.5, 0.6) is 5.75 Å². The van der Waals surface area contributed by atoms with Gasteiger partial charge < -0.3 is 14.5 Å². The van der Waals surface area contributed by atoms with Crippen LogP contribution in [0.15, 0.2) is 34.9 Å². The molecule has 3 rings (SSSR count). The zero-order valence-electron chi connectivity index (χ0n) is 17.3. The third-order valence-corrected chi connectivity index (χ3v) is 4.96. The summed E-state index contributed by atoms with van der Waals surface area (Å²) in [5.74, 6) is 1.98. The van der Waals surface area contributed by atoms with Gasteiger partial charge in [0.2, 0.25) is 5.91 Å². The van der Waals surface area contributed by atoms with E-state index in [-0.39, 0.29) is 5.91 Å². The highest BCUT2D eigenvalue weighted by Gasteiger charge is 2.19. The monoisotopic (exact) mass is 378 g/mol. The Labute approximate surface area is 165 Å². The van der Waals surface area contributed by atoms with Crippen molar-refractivity contribution in [3.8, 4) is 5.75 Å². The summed E-state index contributed by atoms with van der Waals surface area (Å²) >= 11 is 0. The lowest BCUT2D eigenvalue weighted by molar-refractivity contribution is -0.111. The maximum Gasteiger partial charge on any atom is 0.249 e. The van der Waals surface area contributed by atoms with E-state index in [1.807, 2.05) is 59.7 Å². The van der Waals surface area contributed by atoms with Crippen molar-refractivity contribution in [2.45, 2.75) is 41.5 Å². The van der Waals surface area contributed by atoms with Gasteiger partial charge in [-0.15, -0.1) is 0 Å². The minimum absolute atomic E-state index is 0.223. The summed E-state index contributed by atoms with van der Waals surface area (Å²) in [4.78, 5) is 16.8. The molecule has 1 aromatic carbocycles. The molecule has 0 bridgehead atoms. The van der Waals surface area contributed by atoms with Gasteiger partial charge >= 0.3 is 0 Å². The van der Waals surface area contributed by atoms with E-state index in [0.29, 0.717) is 12.4 Å². The first-order valence-electron chi connectivity index (χ1n) is 9.40. The fourth-order valence-electron chi connectivity index (χ4n) is 3.28. The van der Waals surface area contributed by atoms with Crippen molar-refractivity contribution in [3.63, 3.8) is 0 Å². The number of amides is 1. The lowest BCUT2D eigenvalue weighted by atomic mass is 9.98. The number of allylic oxidation sites excluding steroid dienone is 1. The number of hydrogen-bond acceptors (Lipinski definition) is 4. The highest BCUT2D eigenvalue weighted by molar-refractivity contribution is 6.04. The first-order valence-corrected chi connectivity index (χ1v) is 9.40. The van der Waals surface area contributed by atoms with Gasteiger partial charge in [0, 0.05) is 28.8 Å². The van der Waals surface area contributed by atoms with Crippen LogP contribution in [0.2, 0.25) is 0 Å². The van der Waals surface area contributed by atoms with E-state index in [9.17, 15) is 4.79 Å². The van der Waals surface area contributed by atoms with Crippen molar-refractivity contribution in [2.24, 2.45) is 0 Å². The fourth-order valence-corrected chi connectivity index (χ4v) is 3.28. The average Bonchev–Trinajstić information content (AvgIpc) is 2.94. The van der Waals surface area contributed by atoms with Crippen LogP contribution in [0.4, 0.5) is 5.82 Å². The standard InChI is InChI=1S/C23H26N2O3/c1-7-27-21-16(5)22-19(15(4)17(6)28-22)12-18(21)14(3)11-20(26)25-23-13(2)9-8-10-24-23/h8-12H,7H2,1-6H3,(H,24,25,26)/b14-11+. The van der Waals surface area contributed by atoms with Gasteiger partial charge in [-0.25, -0.2) is 4.98 Å². The molecule has 28 heavy (non-hydrogen) atoms. The van der Waals surface area contributed by atoms with Crippen LogP contribution in [-0.2, 0) is 4.79 Å². The van der Waals surface area contributed by atoms with Crippen molar-refractivity contribution in [3.05, 3.63) is 58.5 Å². The number of nitrogens with one attached hydrogen (secondary N) is 1. The molecule has 2 aromatic heterocycles. The third kappa shape index (κ3) is 3.65. The zero-order chi connectivity index (χ0) is 20.4. The van der Waals surface area contributed by atoms with E-state index in [2.05, 4.69) is 10.3 Å². The second-order valence-corrected chi connectivity index (χ2v) is 6.96. The Balaban J connectivity index is 2.04. The summed E-state index contributed by atoms with van der Waals surface area (Å²) in [5, 5.41) is 3.89. The molecule has 0 atom stereocenters. The maximum absolute atomic E-state index is 12.6. The molecule has 0 aliphatic carbocycles. The van der Waals surface area contributed by atoms with Gasteiger partial charge in [-0.05, 0) is 70.4 Å². The normalized spacial score (nSPS) is 11.7. The van der Waals surface area contributed by atoms with E-state index in [0.717, 1.165) is 50.3 Å². The Bertz CT molecular complexity index is 1080.